The largest absolute Gasteiger partial charge is 0.456 e. The van der Waals surface area contributed by atoms with Crippen molar-refractivity contribution in [2.75, 3.05) is 4.90 Å². The van der Waals surface area contributed by atoms with Gasteiger partial charge in [-0.15, -0.1) is 0 Å². The highest BCUT2D eigenvalue weighted by atomic mass is 16.3. The maximum atomic E-state index is 6.83. The second-order valence-corrected chi connectivity index (χ2v) is 18.5. The smallest absolute Gasteiger partial charge is 0.137 e. The lowest BCUT2D eigenvalue weighted by molar-refractivity contribution is 0.669. The van der Waals surface area contributed by atoms with E-state index in [4.69, 9.17) is 4.42 Å². The van der Waals surface area contributed by atoms with Gasteiger partial charge in [0.05, 0.1) is 27.6 Å². The van der Waals surface area contributed by atoms with Gasteiger partial charge in [-0.1, -0.05) is 152 Å². The number of nitrogens with zero attached hydrogens (tertiary/aromatic N) is 3. The van der Waals surface area contributed by atoms with Gasteiger partial charge in [-0.25, -0.2) is 0 Å². The van der Waals surface area contributed by atoms with Crippen molar-refractivity contribution >= 4 is 98.9 Å². The third kappa shape index (κ3) is 5.84. The summed E-state index contributed by atoms with van der Waals surface area (Å²) < 4.78 is 11.6. The number of hydrogen-bond donors (Lipinski definition) is 0. The molecule has 11 aromatic carbocycles. The molecule has 0 atom stereocenters. The second kappa shape index (κ2) is 15.1. The summed E-state index contributed by atoms with van der Waals surface area (Å²) in [6.07, 6.45) is 0. The normalized spacial score (nSPS) is 12.0. The first-order chi connectivity index (χ1) is 34.7. The Kier molecular flexibility index (Phi) is 8.33. The van der Waals surface area contributed by atoms with E-state index < -0.39 is 0 Å². The summed E-state index contributed by atoms with van der Waals surface area (Å²) in [5, 5.41) is 9.82. The molecule has 15 aromatic rings. The summed E-state index contributed by atoms with van der Waals surface area (Å²) in [6, 6.07) is 90.2. The number of hydrogen-bond acceptors (Lipinski definition) is 2. The summed E-state index contributed by atoms with van der Waals surface area (Å²) in [6.45, 7) is 0. The molecule has 0 aliphatic carbocycles. The van der Waals surface area contributed by atoms with Crippen LogP contribution in [0.25, 0.3) is 121 Å². The van der Waals surface area contributed by atoms with Gasteiger partial charge in [0.15, 0.2) is 0 Å². The van der Waals surface area contributed by atoms with E-state index in [1.54, 1.807) is 0 Å². The van der Waals surface area contributed by atoms with E-state index in [9.17, 15) is 0 Å². The van der Waals surface area contributed by atoms with Crippen molar-refractivity contribution in [3.8, 4) is 39.1 Å². The van der Waals surface area contributed by atoms with Crippen molar-refractivity contribution in [2.24, 2.45) is 0 Å². The molecule has 0 N–H and O–H groups in total. The first-order valence-corrected chi connectivity index (χ1v) is 24.0. The highest BCUT2D eigenvalue weighted by molar-refractivity contribution is 6.23. The van der Waals surface area contributed by atoms with Crippen molar-refractivity contribution in [1.82, 2.24) is 8.97 Å². The van der Waals surface area contributed by atoms with Crippen LogP contribution in [-0.4, -0.2) is 8.97 Å². The predicted octanol–water partition coefficient (Wildman–Crippen LogP) is 18.3. The minimum atomic E-state index is 0.848. The molecule has 4 heteroatoms. The van der Waals surface area contributed by atoms with Crippen molar-refractivity contribution < 1.29 is 4.42 Å². The lowest BCUT2D eigenvalue weighted by Crippen LogP contribution is -2.09. The third-order valence-corrected chi connectivity index (χ3v) is 14.7. The van der Waals surface area contributed by atoms with Gasteiger partial charge in [-0.2, -0.15) is 0 Å². The van der Waals surface area contributed by atoms with E-state index in [1.165, 1.54) is 76.6 Å². The molecule has 4 aromatic heterocycles. The van der Waals surface area contributed by atoms with Gasteiger partial charge in [0.1, 0.15) is 11.2 Å². The molecule has 0 radical (unpaired) electrons. The lowest BCUT2D eigenvalue weighted by atomic mass is 10.0. The zero-order valence-electron chi connectivity index (χ0n) is 37.9. The molecule has 4 nitrogen and oxygen atoms in total. The van der Waals surface area contributed by atoms with E-state index in [0.29, 0.717) is 0 Å². The standard InChI is InChI=1S/C66H41N3O/c1-3-12-42(13-4-1)43-22-29-49(30-23-43)67(50-31-24-44(25-32-50)45-28-37-62-59(38-45)53-17-8-9-20-60(53)68(62)48-14-5-2-6-15-48)51-33-36-56-55-35-27-47(40-64(55)70-65(56)41-51)46-26-34-54-58-19-11-18-57-52-16-7-10-21-61(52)69(66(57)58)63(54)39-46/h1-41H. The summed E-state index contributed by atoms with van der Waals surface area (Å²) in [5.74, 6) is 0. The molecular weight excluding hydrogens is 851 g/mol. The van der Waals surface area contributed by atoms with E-state index >= 15 is 0 Å². The SMILES string of the molecule is c1ccc(-c2ccc(N(c3ccc(-c4ccc5c(c4)c4ccccc4n5-c4ccccc4)cc3)c3ccc4c(c3)oc3cc(-c5ccc6c7cccc8c9ccccc9n(c6c5)c87)ccc34)cc2)cc1. The number of aromatic nitrogens is 2. The van der Waals surface area contributed by atoms with Gasteiger partial charge in [-0.3, -0.25) is 0 Å². The van der Waals surface area contributed by atoms with Crippen LogP contribution >= 0.6 is 0 Å². The van der Waals surface area contributed by atoms with Crippen LogP contribution in [0.15, 0.2) is 253 Å². The molecule has 0 saturated carbocycles. The quantitative estimate of drug-likeness (QED) is 0.159. The van der Waals surface area contributed by atoms with Crippen LogP contribution in [0.1, 0.15) is 0 Å². The molecule has 0 aliphatic heterocycles. The molecule has 0 amide bonds. The zero-order valence-corrected chi connectivity index (χ0v) is 37.9. The Morgan fingerprint density at radius 1 is 0.271 bits per heavy atom. The van der Waals surface area contributed by atoms with E-state index in [1.807, 2.05) is 0 Å². The van der Waals surface area contributed by atoms with Crippen LogP contribution in [0.5, 0.6) is 0 Å². The van der Waals surface area contributed by atoms with E-state index in [0.717, 1.165) is 61.4 Å². The van der Waals surface area contributed by atoms with Gasteiger partial charge >= 0.3 is 0 Å². The van der Waals surface area contributed by atoms with Crippen LogP contribution in [0.4, 0.5) is 17.1 Å². The van der Waals surface area contributed by atoms with Crippen LogP contribution < -0.4 is 4.90 Å². The fraction of sp³-hybridized carbons (Fsp3) is 0. The van der Waals surface area contributed by atoms with Gasteiger partial charge < -0.3 is 18.3 Å². The molecule has 0 fully saturated rings. The first kappa shape index (κ1) is 38.7. The summed E-state index contributed by atoms with van der Waals surface area (Å²) in [7, 11) is 0. The molecular formula is C66H41N3O. The number of fused-ring (bicyclic) bond motifs is 12. The Morgan fingerprint density at radius 3 is 1.47 bits per heavy atom. The number of anilines is 3. The Balaban J connectivity index is 0.818. The molecule has 0 aliphatic rings. The minimum absolute atomic E-state index is 0.848. The van der Waals surface area contributed by atoms with Crippen molar-refractivity contribution in [3.63, 3.8) is 0 Å². The molecule has 326 valence electrons. The predicted molar refractivity (Wildman–Crippen MR) is 294 cm³/mol. The Bertz CT molecular complexity index is 4500. The molecule has 0 unspecified atom stereocenters. The van der Waals surface area contributed by atoms with Gasteiger partial charge in [0.25, 0.3) is 0 Å². The lowest BCUT2D eigenvalue weighted by Gasteiger charge is -2.26. The molecule has 4 heterocycles. The van der Waals surface area contributed by atoms with Gasteiger partial charge in [-0.05, 0) is 124 Å². The van der Waals surface area contributed by atoms with Gasteiger partial charge in [0.2, 0.25) is 0 Å². The summed E-state index contributed by atoms with van der Waals surface area (Å²) in [4.78, 5) is 2.33. The highest BCUT2D eigenvalue weighted by Gasteiger charge is 2.20. The van der Waals surface area contributed by atoms with Crippen molar-refractivity contribution in [3.05, 3.63) is 249 Å². The molecule has 15 rings (SSSR count). The summed E-state index contributed by atoms with van der Waals surface area (Å²) >= 11 is 0. The van der Waals surface area contributed by atoms with Crippen LogP contribution in [-0.2, 0) is 0 Å². The maximum Gasteiger partial charge on any atom is 0.137 e. The molecule has 0 saturated heterocycles. The first-order valence-electron chi connectivity index (χ1n) is 24.0. The average molecular weight is 892 g/mol. The Morgan fingerprint density at radius 2 is 0.743 bits per heavy atom. The third-order valence-electron chi connectivity index (χ3n) is 14.7. The maximum absolute atomic E-state index is 6.83. The number of para-hydroxylation sites is 4. The molecule has 0 bridgehead atoms. The number of benzene rings is 11. The van der Waals surface area contributed by atoms with E-state index in [-0.39, 0.29) is 0 Å². The topological polar surface area (TPSA) is 25.7 Å². The number of furan rings is 1. The van der Waals surface area contributed by atoms with Gasteiger partial charge in [0, 0.05) is 71.9 Å². The molecule has 0 spiro atoms. The highest BCUT2D eigenvalue weighted by Crippen LogP contribution is 2.43. The van der Waals surface area contributed by atoms with Crippen LogP contribution in [0.3, 0.4) is 0 Å². The van der Waals surface area contributed by atoms with Crippen molar-refractivity contribution in [2.45, 2.75) is 0 Å². The minimum Gasteiger partial charge on any atom is -0.456 e. The summed E-state index contributed by atoms with van der Waals surface area (Å²) in [5.41, 5.74) is 19.2. The average Bonchev–Trinajstić information content (AvgIpc) is 4.17. The Hall–Kier alpha value is -9.38. The fourth-order valence-electron chi connectivity index (χ4n) is 11.4. The van der Waals surface area contributed by atoms with E-state index in [2.05, 4.69) is 263 Å². The van der Waals surface area contributed by atoms with Crippen LogP contribution in [0.2, 0.25) is 0 Å². The number of rotatable bonds is 7. The van der Waals surface area contributed by atoms with Crippen LogP contribution in [0, 0.1) is 0 Å². The molecule has 70 heavy (non-hydrogen) atoms. The zero-order chi connectivity index (χ0) is 45.9. The second-order valence-electron chi connectivity index (χ2n) is 18.5. The Labute approximate surface area is 403 Å². The monoisotopic (exact) mass is 891 g/mol. The fourth-order valence-corrected chi connectivity index (χ4v) is 11.4. The van der Waals surface area contributed by atoms with Crippen molar-refractivity contribution in [1.29, 1.82) is 0 Å².